The lowest BCUT2D eigenvalue weighted by atomic mass is 9.76. The van der Waals surface area contributed by atoms with Gasteiger partial charge in [-0.1, -0.05) is 6.92 Å². The van der Waals surface area contributed by atoms with Crippen molar-refractivity contribution in [3.05, 3.63) is 24.2 Å². The SMILES string of the molecule is COC1(C(O)c2ccco2)CCC(C)CC1. The lowest BCUT2D eigenvalue weighted by Crippen LogP contribution is -2.41. The first-order valence-corrected chi connectivity index (χ1v) is 5.94. The Bertz CT molecular complexity index is 310. The fraction of sp³-hybridized carbons (Fsp3) is 0.692. The van der Waals surface area contributed by atoms with E-state index in [0.29, 0.717) is 5.76 Å². The van der Waals surface area contributed by atoms with Gasteiger partial charge in [-0.3, -0.25) is 0 Å². The zero-order valence-electron chi connectivity index (χ0n) is 9.98. The van der Waals surface area contributed by atoms with Crippen LogP contribution in [0.2, 0.25) is 0 Å². The Morgan fingerprint density at radius 2 is 2.19 bits per heavy atom. The summed E-state index contributed by atoms with van der Waals surface area (Å²) in [5.74, 6) is 1.34. The molecule has 16 heavy (non-hydrogen) atoms. The van der Waals surface area contributed by atoms with Gasteiger partial charge < -0.3 is 14.3 Å². The molecule has 0 radical (unpaired) electrons. The van der Waals surface area contributed by atoms with Gasteiger partial charge in [0.15, 0.2) is 0 Å². The van der Waals surface area contributed by atoms with E-state index < -0.39 is 11.7 Å². The van der Waals surface area contributed by atoms with Crippen LogP contribution in [-0.2, 0) is 4.74 Å². The second-order valence-corrected chi connectivity index (χ2v) is 4.87. The molecule has 1 N–H and O–H groups in total. The van der Waals surface area contributed by atoms with Crippen molar-refractivity contribution in [3.8, 4) is 0 Å². The Kier molecular flexibility index (Phi) is 3.36. The van der Waals surface area contributed by atoms with Crippen LogP contribution in [0, 0.1) is 5.92 Å². The summed E-state index contributed by atoms with van der Waals surface area (Å²) in [4.78, 5) is 0. The molecule has 1 aliphatic carbocycles. The number of methoxy groups -OCH3 is 1. The van der Waals surface area contributed by atoms with Gasteiger partial charge in [-0.25, -0.2) is 0 Å². The van der Waals surface area contributed by atoms with Crippen molar-refractivity contribution >= 4 is 0 Å². The van der Waals surface area contributed by atoms with Crippen molar-refractivity contribution in [2.45, 2.75) is 44.3 Å². The molecule has 0 bridgehead atoms. The van der Waals surface area contributed by atoms with Crippen LogP contribution in [0.3, 0.4) is 0 Å². The molecular weight excluding hydrogens is 204 g/mol. The van der Waals surface area contributed by atoms with Crippen LogP contribution < -0.4 is 0 Å². The van der Waals surface area contributed by atoms with Crippen LogP contribution in [-0.4, -0.2) is 17.8 Å². The second kappa shape index (κ2) is 4.60. The van der Waals surface area contributed by atoms with Gasteiger partial charge in [0, 0.05) is 7.11 Å². The van der Waals surface area contributed by atoms with E-state index in [1.54, 1.807) is 19.4 Å². The van der Waals surface area contributed by atoms with E-state index in [9.17, 15) is 5.11 Å². The summed E-state index contributed by atoms with van der Waals surface area (Å²) < 4.78 is 10.9. The average Bonchev–Trinajstić information content (AvgIpc) is 2.83. The topological polar surface area (TPSA) is 42.6 Å². The van der Waals surface area contributed by atoms with Crippen molar-refractivity contribution in [1.29, 1.82) is 0 Å². The highest BCUT2D eigenvalue weighted by molar-refractivity contribution is 5.09. The normalized spacial score (nSPS) is 32.6. The molecule has 1 unspecified atom stereocenters. The van der Waals surface area contributed by atoms with Gasteiger partial charge in [0.25, 0.3) is 0 Å². The van der Waals surface area contributed by atoms with E-state index in [4.69, 9.17) is 9.15 Å². The molecule has 1 fully saturated rings. The van der Waals surface area contributed by atoms with Gasteiger partial charge in [0.05, 0.1) is 6.26 Å². The summed E-state index contributed by atoms with van der Waals surface area (Å²) in [5.41, 5.74) is -0.454. The highest BCUT2D eigenvalue weighted by Gasteiger charge is 2.42. The van der Waals surface area contributed by atoms with Crippen LogP contribution in [0.5, 0.6) is 0 Å². The first-order chi connectivity index (χ1) is 7.68. The third kappa shape index (κ3) is 2.02. The van der Waals surface area contributed by atoms with Crippen molar-refractivity contribution < 1.29 is 14.3 Å². The van der Waals surface area contributed by atoms with Crippen molar-refractivity contribution in [2.24, 2.45) is 5.92 Å². The molecule has 1 heterocycles. The van der Waals surface area contributed by atoms with Crippen LogP contribution in [0.15, 0.2) is 22.8 Å². The minimum absolute atomic E-state index is 0.454. The summed E-state index contributed by atoms with van der Waals surface area (Å²) in [6.07, 6.45) is 4.93. The molecule has 1 atom stereocenters. The van der Waals surface area contributed by atoms with Gasteiger partial charge in [-0.15, -0.1) is 0 Å². The molecule has 90 valence electrons. The lowest BCUT2D eigenvalue weighted by Gasteiger charge is -2.40. The maximum Gasteiger partial charge on any atom is 0.140 e. The van der Waals surface area contributed by atoms with Crippen LogP contribution in [0.4, 0.5) is 0 Å². The molecule has 0 amide bonds. The van der Waals surface area contributed by atoms with Gasteiger partial charge in [0.1, 0.15) is 17.5 Å². The maximum atomic E-state index is 10.4. The zero-order chi connectivity index (χ0) is 11.6. The maximum absolute atomic E-state index is 10.4. The van der Waals surface area contributed by atoms with E-state index >= 15 is 0 Å². The van der Waals surface area contributed by atoms with E-state index in [2.05, 4.69) is 6.92 Å². The Balaban J connectivity index is 2.15. The Labute approximate surface area is 96.4 Å². The summed E-state index contributed by atoms with van der Waals surface area (Å²) in [6, 6.07) is 3.61. The molecule has 3 nitrogen and oxygen atoms in total. The van der Waals surface area contributed by atoms with E-state index in [0.717, 1.165) is 31.6 Å². The fourth-order valence-electron chi connectivity index (χ4n) is 2.55. The highest BCUT2D eigenvalue weighted by atomic mass is 16.5. The third-order valence-corrected chi connectivity index (χ3v) is 3.84. The molecule has 0 aromatic carbocycles. The van der Waals surface area contributed by atoms with E-state index in [1.807, 2.05) is 6.07 Å². The fourth-order valence-corrected chi connectivity index (χ4v) is 2.55. The van der Waals surface area contributed by atoms with Crippen molar-refractivity contribution in [2.75, 3.05) is 7.11 Å². The van der Waals surface area contributed by atoms with Crippen LogP contribution in [0.1, 0.15) is 44.5 Å². The third-order valence-electron chi connectivity index (χ3n) is 3.84. The number of hydrogen-bond acceptors (Lipinski definition) is 3. The number of hydrogen-bond donors (Lipinski definition) is 1. The molecule has 2 rings (SSSR count). The minimum atomic E-state index is -0.653. The largest absolute Gasteiger partial charge is 0.466 e. The second-order valence-electron chi connectivity index (χ2n) is 4.87. The summed E-state index contributed by atoms with van der Waals surface area (Å²) in [6.45, 7) is 2.25. The number of rotatable bonds is 3. The smallest absolute Gasteiger partial charge is 0.140 e. The van der Waals surface area contributed by atoms with E-state index in [1.165, 1.54) is 0 Å². The van der Waals surface area contributed by atoms with E-state index in [-0.39, 0.29) is 0 Å². The summed E-state index contributed by atoms with van der Waals surface area (Å²) >= 11 is 0. The molecule has 1 aromatic heterocycles. The highest BCUT2D eigenvalue weighted by Crippen LogP contribution is 2.42. The standard InChI is InChI=1S/C13H20O3/c1-10-5-7-13(15-2,8-6-10)12(14)11-4-3-9-16-11/h3-4,9-10,12,14H,5-8H2,1-2H3. The molecule has 1 aromatic rings. The molecule has 1 saturated carbocycles. The van der Waals surface area contributed by atoms with Crippen LogP contribution in [0.25, 0.3) is 0 Å². The molecular formula is C13H20O3. The average molecular weight is 224 g/mol. The number of furan rings is 1. The van der Waals surface area contributed by atoms with Crippen molar-refractivity contribution in [3.63, 3.8) is 0 Å². The Morgan fingerprint density at radius 3 is 2.69 bits per heavy atom. The number of aliphatic hydroxyl groups is 1. The Morgan fingerprint density at radius 1 is 1.50 bits per heavy atom. The molecule has 0 saturated heterocycles. The predicted octanol–water partition coefficient (Wildman–Crippen LogP) is 2.91. The first-order valence-electron chi connectivity index (χ1n) is 5.94. The number of aliphatic hydroxyl groups excluding tert-OH is 1. The Hall–Kier alpha value is -0.800. The summed E-state index contributed by atoms with van der Waals surface area (Å²) in [5, 5.41) is 10.4. The molecule has 0 aliphatic heterocycles. The molecule has 0 spiro atoms. The first kappa shape index (κ1) is 11.7. The number of ether oxygens (including phenoxy) is 1. The molecule has 3 heteroatoms. The van der Waals surface area contributed by atoms with Gasteiger partial charge in [-0.05, 0) is 43.7 Å². The van der Waals surface area contributed by atoms with Gasteiger partial charge >= 0.3 is 0 Å². The quantitative estimate of drug-likeness (QED) is 0.858. The van der Waals surface area contributed by atoms with Crippen LogP contribution >= 0.6 is 0 Å². The van der Waals surface area contributed by atoms with Crippen molar-refractivity contribution in [1.82, 2.24) is 0 Å². The van der Waals surface area contributed by atoms with Gasteiger partial charge in [0.2, 0.25) is 0 Å². The molecule has 1 aliphatic rings. The lowest BCUT2D eigenvalue weighted by molar-refractivity contribution is -0.136. The van der Waals surface area contributed by atoms with Gasteiger partial charge in [-0.2, -0.15) is 0 Å². The summed E-state index contributed by atoms with van der Waals surface area (Å²) in [7, 11) is 1.68. The zero-order valence-corrected chi connectivity index (χ0v) is 9.98. The predicted molar refractivity (Wildman–Crippen MR) is 61.0 cm³/mol. The monoisotopic (exact) mass is 224 g/mol. The minimum Gasteiger partial charge on any atom is -0.466 e.